The number of ketones is 1. The van der Waals surface area contributed by atoms with Crippen LogP contribution in [0.4, 0.5) is 0 Å². The minimum absolute atomic E-state index is 0.159. The molecule has 0 aliphatic heterocycles. The van der Waals surface area contributed by atoms with Crippen LogP contribution in [0, 0.1) is 11.8 Å². The van der Waals surface area contributed by atoms with Crippen molar-refractivity contribution in [3.05, 3.63) is 0 Å². The van der Waals surface area contributed by atoms with Crippen molar-refractivity contribution < 1.29 is 14.7 Å². The third kappa shape index (κ3) is 4.65. The Morgan fingerprint density at radius 1 is 1.31 bits per heavy atom. The SMILES string of the molecule is CC[C@@H](C)CCC(=O)[C@@H](C)C(=O)O. The zero-order valence-electron chi connectivity index (χ0n) is 8.54. The summed E-state index contributed by atoms with van der Waals surface area (Å²) < 4.78 is 0. The van der Waals surface area contributed by atoms with Gasteiger partial charge in [0.05, 0.1) is 0 Å². The van der Waals surface area contributed by atoms with Crippen LogP contribution in [-0.4, -0.2) is 16.9 Å². The molecule has 0 heterocycles. The predicted octanol–water partition coefficient (Wildman–Crippen LogP) is 2.10. The van der Waals surface area contributed by atoms with Gasteiger partial charge in [-0.2, -0.15) is 0 Å². The van der Waals surface area contributed by atoms with Gasteiger partial charge in [0.2, 0.25) is 0 Å². The van der Waals surface area contributed by atoms with Crippen molar-refractivity contribution in [2.75, 3.05) is 0 Å². The lowest BCUT2D eigenvalue weighted by molar-refractivity contribution is -0.145. The lowest BCUT2D eigenvalue weighted by atomic mass is 9.96. The van der Waals surface area contributed by atoms with E-state index in [1.807, 2.05) is 0 Å². The van der Waals surface area contributed by atoms with E-state index in [1.54, 1.807) is 0 Å². The van der Waals surface area contributed by atoms with Crippen LogP contribution in [0.5, 0.6) is 0 Å². The third-order valence-electron chi connectivity index (χ3n) is 2.43. The largest absolute Gasteiger partial charge is 0.481 e. The molecule has 0 aliphatic carbocycles. The summed E-state index contributed by atoms with van der Waals surface area (Å²) in [5.74, 6) is -1.52. The zero-order chi connectivity index (χ0) is 10.4. The van der Waals surface area contributed by atoms with Crippen molar-refractivity contribution in [3.63, 3.8) is 0 Å². The number of rotatable bonds is 6. The molecule has 0 unspecified atom stereocenters. The fourth-order valence-electron chi connectivity index (χ4n) is 0.947. The van der Waals surface area contributed by atoms with E-state index in [4.69, 9.17) is 5.11 Å². The molecule has 2 atom stereocenters. The Balaban J connectivity index is 3.81. The summed E-state index contributed by atoms with van der Waals surface area (Å²) in [7, 11) is 0. The molecule has 0 aromatic rings. The summed E-state index contributed by atoms with van der Waals surface area (Å²) in [5, 5.41) is 8.55. The summed E-state index contributed by atoms with van der Waals surface area (Å²) in [5.41, 5.74) is 0. The molecule has 0 rings (SSSR count). The van der Waals surface area contributed by atoms with E-state index >= 15 is 0 Å². The van der Waals surface area contributed by atoms with Crippen LogP contribution in [-0.2, 0) is 9.59 Å². The molecular weight excluding hydrogens is 168 g/mol. The second-order valence-corrected chi connectivity index (χ2v) is 3.58. The first-order valence-electron chi connectivity index (χ1n) is 4.74. The number of carboxylic acid groups (broad SMARTS) is 1. The molecular formula is C10H18O3. The summed E-state index contributed by atoms with van der Waals surface area (Å²) in [6.45, 7) is 5.58. The number of hydrogen-bond donors (Lipinski definition) is 1. The van der Waals surface area contributed by atoms with E-state index in [-0.39, 0.29) is 5.78 Å². The minimum Gasteiger partial charge on any atom is -0.481 e. The van der Waals surface area contributed by atoms with Crippen LogP contribution in [0.1, 0.15) is 40.0 Å². The van der Waals surface area contributed by atoms with Gasteiger partial charge in [-0.25, -0.2) is 0 Å². The van der Waals surface area contributed by atoms with Gasteiger partial charge in [0.1, 0.15) is 11.7 Å². The Labute approximate surface area is 79.1 Å². The second-order valence-electron chi connectivity index (χ2n) is 3.58. The molecule has 76 valence electrons. The smallest absolute Gasteiger partial charge is 0.313 e. The van der Waals surface area contributed by atoms with Gasteiger partial charge >= 0.3 is 5.97 Å². The van der Waals surface area contributed by atoms with E-state index < -0.39 is 11.9 Å². The highest BCUT2D eigenvalue weighted by atomic mass is 16.4. The highest BCUT2D eigenvalue weighted by molar-refractivity contribution is 5.97. The Bertz CT molecular complexity index is 187. The number of Topliss-reactive ketones (excluding diaryl/α,β-unsaturated/α-hetero) is 1. The molecule has 1 N–H and O–H groups in total. The Morgan fingerprint density at radius 2 is 1.85 bits per heavy atom. The van der Waals surface area contributed by atoms with Crippen molar-refractivity contribution in [2.24, 2.45) is 11.8 Å². The molecule has 0 spiro atoms. The average molecular weight is 186 g/mol. The molecule has 0 saturated heterocycles. The van der Waals surface area contributed by atoms with E-state index in [0.29, 0.717) is 12.3 Å². The van der Waals surface area contributed by atoms with Gasteiger partial charge in [0.25, 0.3) is 0 Å². The van der Waals surface area contributed by atoms with E-state index in [1.165, 1.54) is 6.92 Å². The highest BCUT2D eigenvalue weighted by Crippen LogP contribution is 2.12. The molecule has 0 radical (unpaired) electrons. The topological polar surface area (TPSA) is 54.4 Å². The van der Waals surface area contributed by atoms with Crippen molar-refractivity contribution in [2.45, 2.75) is 40.0 Å². The Morgan fingerprint density at radius 3 is 2.23 bits per heavy atom. The summed E-state index contributed by atoms with van der Waals surface area (Å²) in [6.07, 6.45) is 2.23. The maximum atomic E-state index is 11.2. The highest BCUT2D eigenvalue weighted by Gasteiger charge is 2.20. The minimum atomic E-state index is -1.02. The maximum absolute atomic E-state index is 11.2. The first-order chi connectivity index (χ1) is 5.99. The van der Waals surface area contributed by atoms with Gasteiger partial charge in [0, 0.05) is 6.42 Å². The van der Waals surface area contributed by atoms with Crippen LogP contribution in [0.25, 0.3) is 0 Å². The van der Waals surface area contributed by atoms with Gasteiger partial charge in [-0.3, -0.25) is 9.59 Å². The van der Waals surface area contributed by atoms with Crippen molar-refractivity contribution in [3.8, 4) is 0 Å². The number of carboxylic acids is 1. The van der Waals surface area contributed by atoms with Crippen LogP contribution in [0.15, 0.2) is 0 Å². The molecule has 0 saturated carbocycles. The zero-order valence-corrected chi connectivity index (χ0v) is 8.54. The Kier molecular flexibility index (Phi) is 5.35. The quantitative estimate of drug-likeness (QED) is 0.646. The molecule has 0 fully saturated rings. The fraction of sp³-hybridized carbons (Fsp3) is 0.800. The van der Waals surface area contributed by atoms with Crippen LogP contribution in [0.3, 0.4) is 0 Å². The maximum Gasteiger partial charge on any atom is 0.313 e. The monoisotopic (exact) mass is 186 g/mol. The standard InChI is InChI=1S/C10H18O3/c1-4-7(2)5-6-9(11)8(3)10(12)13/h7-8H,4-6H2,1-3H3,(H,12,13)/t7-,8-/m1/s1. The number of hydrogen-bond acceptors (Lipinski definition) is 2. The van der Waals surface area contributed by atoms with Gasteiger partial charge in [-0.15, -0.1) is 0 Å². The van der Waals surface area contributed by atoms with Crippen LogP contribution >= 0.6 is 0 Å². The number of aliphatic carboxylic acids is 1. The van der Waals surface area contributed by atoms with Crippen LogP contribution in [0.2, 0.25) is 0 Å². The molecule has 0 aromatic carbocycles. The normalized spacial score (nSPS) is 15.0. The fourth-order valence-corrected chi connectivity index (χ4v) is 0.947. The first-order valence-corrected chi connectivity index (χ1v) is 4.74. The van der Waals surface area contributed by atoms with E-state index in [9.17, 15) is 9.59 Å². The average Bonchev–Trinajstić information content (AvgIpc) is 2.11. The summed E-state index contributed by atoms with van der Waals surface area (Å²) >= 11 is 0. The molecule has 0 aliphatic rings. The summed E-state index contributed by atoms with van der Waals surface area (Å²) in [6, 6.07) is 0. The van der Waals surface area contributed by atoms with E-state index in [2.05, 4.69) is 13.8 Å². The molecule has 3 nitrogen and oxygen atoms in total. The summed E-state index contributed by atoms with van der Waals surface area (Å²) in [4.78, 5) is 21.7. The number of carbonyl (C=O) groups is 2. The van der Waals surface area contributed by atoms with Crippen molar-refractivity contribution in [1.29, 1.82) is 0 Å². The lowest BCUT2D eigenvalue weighted by Gasteiger charge is -2.08. The molecule has 0 bridgehead atoms. The second kappa shape index (κ2) is 5.73. The van der Waals surface area contributed by atoms with Crippen LogP contribution < -0.4 is 0 Å². The van der Waals surface area contributed by atoms with E-state index in [0.717, 1.165) is 12.8 Å². The lowest BCUT2D eigenvalue weighted by Crippen LogP contribution is -2.20. The van der Waals surface area contributed by atoms with Gasteiger partial charge in [-0.05, 0) is 19.3 Å². The molecule has 3 heteroatoms. The predicted molar refractivity (Wildman–Crippen MR) is 50.5 cm³/mol. The van der Waals surface area contributed by atoms with Gasteiger partial charge < -0.3 is 5.11 Å². The van der Waals surface area contributed by atoms with Gasteiger partial charge in [0.15, 0.2) is 0 Å². The molecule has 13 heavy (non-hydrogen) atoms. The third-order valence-corrected chi connectivity index (χ3v) is 2.43. The van der Waals surface area contributed by atoms with Crippen molar-refractivity contribution >= 4 is 11.8 Å². The molecule has 0 aromatic heterocycles. The molecule has 0 amide bonds. The van der Waals surface area contributed by atoms with Gasteiger partial charge in [-0.1, -0.05) is 20.3 Å². The number of carbonyl (C=O) groups excluding carboxylic acids is 1. The first kappa shape index (κ1) is 12.1. The van der Waals surface area contributed by atoms with Crippen molar-refractivity contribution in [1.82, 2.24) is 0 Å². The Hall–Kier alpha value is -0.860.